The minimum atomic E-state index is -0.358. The summed E-state index contributed by atoms with van der Waals surface area (Å²) < 4.78 is 6.85. The summed E-state index contributed by atoms with van der Waals surface area (Å²) in [5.41, 5.74) is 1.76. The minimum absolute atomic E-state index is 0.173. The number of aryl methyl sites for hydroxylation is 1. The normalized spacial score (nSPS) is 10.4. The maximum absolute atomic E-state index is 12.4. The van der Waals surface area contributed by atoms with Crippen molar-refractivity contribution in [1.82, 2.24) is 9.78 Å². The van der Waals surface area contributed by atoms with Crippen LogP contribution in [0.1, 0.15) is 23.0 Å². The predicted octanol–water partition coefficient (Wildman–Crippen LogP) is 3.25. The fourth-order valence-electron chi connectivity index (χ4n) is 2.66. The lowest BCUT2D eigenvalue weighted by Gasteiger charge is -2.05. The highest BCUT2D eigenvalue weighted by molar-refractivity contribution is 6.04. The zero-order chi connectivity index (χ0) is 19.9. The molecule has 0 bridgehead atoms. The van der Waals surface area contributed by atoms with Crippen LogP contribution < -0.4 is 15.4 Å². The van der Waals surface area contributed by atoms with Crippen LogP contribution in [0.4, 0.5) is 11.5 Å². The van der Waals surface area contributed by atoms with Crippen LogP contribution in [0.25, 0.3) is 0 Å². The first-order valence-corrected chi connectivity index (χ1v) is 8.97. The molecule has 28 heavy (non-hydrogen) atoms. The van der Waals surface area contributed by atoms with Gasteiger partial charge in [0.15, 0.2) is 5.69 Å². The summed E-state index contributed by atoms with van der Waals surface area (Å²) in [4.78, 5) is 24.7. The Hall–Kier alpha value is -3.61. The topological polar surface area (TPSA) is 85.3 Å². The molecule has 0 aliphatic rings. The van der Waals surface area contributed by atoms with E-state index in [2.05, 4.69) is 15.7 Å². The Morgan fingerprint density at radius 2 is 1.75 bits per heavy atom. The molecule has 144 valence electrons. The minimum Gasteiger partial charge on any atom is -0.494 e. The maximum Gasteiger partial charge on any atom is 0.276 e. The third kappa shape index (κ3) is 4.97. The van der Waals surface area contributed by atoms with E-state index < -0.39 is 0 Å². The van der Waals surface area contributed by atoms with Crippen molar-refractivity contribution in [1.29, 1.82) is 0 Å². The summed E-state index contributed by atoms with van der Waals surface area (Å²) in [7, 11) is 1.67. The van der Waals surface area contributed by atoms with E-state index in [9.17, 15) is 9.59 Å². The second-order valence-electron chi connectivity index (χ2n) is 6.16. The van der Waals surface area contributed by atoms with Crippen LogP contribution in [0.2, 0.25) is 0 Å². The van der Waals surface area contributed by atoms with E-state index in [1.54, 1.807) is 37.4 Å². The van der Waals surface area contributed by atoms with Gasteiger partial charge in [0.05, 0.1) is 13.0 Å². The number of hydrogen-bond acceptors (Lipinski definition) is 4. The molecule has 0 aliphatic carbocycles. The monoisotopic (exact) mass is 378 g/mol. The Morgan fingerprint density at radius 1 is 1.04 bits per heavy atom. The van der Waals surface area contributed by atoms with Crippen LogP contribution in [0.15, 0.2) is 60.7 Å². The highest BCUT2D eigenvalue weighted by atomic mass is 16.5. The molecule has 7 heteroatoms. The molecule has 0 fully saturated rings. The molecule has 7 nitrogen and oxygen atoms in total. The largest absolute Gasteiger partial charge is 0.494 e. The SMILES string of the molecule is CCOc1ccc(NC(=O)c2cc(NC(=O)Cc3ccccc3)n(C)n2)cc1. The molecule has 0 unspecified atom stereocenters. The summed E-state index contributed by atoms with van der Waals surface area (Å²) in [5, 5.41) is 9.74. The van der Waals surface area contributed by atoms with Gasteiger partial charge in [-0.25, -0.2) is 0 Å². The van der Waals surface area contributed by atoms with E-state index in [1.165, 1.54) is 4.68 Å². The molecule has 3 rings (SSSR count). The van der Waals surface area contributed by atoms with Gasteiger partial charge in [0.2, 0.25) is 5.91 Å². The number of carbonyl (C=O) groups is 2. The molecule has 1 heterocycles. The van der Waals surface area contributed by atoms with E-state index in [0.29, 0.717) is 18.1 Å². The Kier molecular flexibility index (Phi) is 6.06. The molecule has 2 N–H and O–H groups in total. The number of aromatic nitrogens is 2. The van der Waals surface area contributed by atoms with Crippen molar-refractivity contribution in [2.24, 2.45) is 7.05 Å². The summed E-state index contributed by atoms with van der Waals surface area (Å²) in [6, 6.07) is 18.1. The summed E-state index contributed by atoms with van der Waals surface area (Å²) >= 11 is 0. The number of hydrogen-bond donors (Lipinski definition) is 2. The average molecular weight is 378 g/mol. The molecule has 0 radical (unpaired) electrons. The number of anilines is 2. The predicted molar refractivity (Wildman–Crippen MR) is 108 cm³/mol. The number of nitrogens with one attached hydrogen (secondary N) is 2. The molecular formula is C21H22N4O3. The van der Waals surface area contributed by atoms with Crippen molar-refractivity contribution in [3.8, 4) is 5.75 Å². The number of benzene rings is 2. The molecule has 0 aliphatic heterocycles. The van der Waals surface area contributed by atoms with E-state index in [0.717, 1.165) is 11.3 Å². The van der Waals surface area contributed by atoms with Crippen molar-refractivity contribution >= 4 is 23.3 Å². The van der Waals surface area contributed by atoms with Gasteiger partial charge < -0.3 is 15.4 Å². The molecule has 2 aromatic carbocycles. The van der Waals surface area contributed by atoms with Gasteiger partial charge in [-0.1, -0.05) is 30.3 Å². The van der Waals surface area contributed by atoms with Crippen LogP contribution in [0, 0.1) is 0 Å². The zero-order valence-corrected chi connectivity index (χ0v) is 15.8. The van der Waals surface area contributed by atoms with Crippen molar-refractivity contribution < 1.29 is 14.3 Å². The van der Waals surface area contributed by atoms with Gasteiger partial charge in [-0.2, -0.15) is 5.10 Å². The molecule has 0 spiro atoms. The van der Waals surface area contributed by atoms with Gasteiger partial charge in [-0.15, -0.1) is 0 Å². The molecule has 1 aromatic heterocycles. The van der Waals surface area contributed by atoms with Crippen LogP contribution in [-0.2, 0) is 18.3 Å². The molecule has 3 aromatic rings. The molecule has 2 amide bonds. The van der Waals surface area contributed by atoms with Crippen molar-refractivity contribution in [2.45, 2.75) is 13.3 Å². The molecular weight excluding hydrogens is 356 g/mol. The lowest BCUT2D eigenvalue weighted by atomic mass is 10.1. The van der Waals surface area contributed by atoms with Gasteiger partial charge in [-0.3, -0.25) is 14.3 Å². The number of ether oxygens (including phenoxy) is 1. The maximum atomic E-state index is 12.4. The van der Waals surface area contributed by atoms with Gasteiger partial charge in [0, 0.05) is 18.8 Å². The highest BCUT2D eigenvalue weighted by Crippen LogP contribution is 2.17. The van der Waals surface area contributed by atoms with Crippen LogP contribution in [0.5, 0.6) is 5.75 Å². The number of carbonyl (C=O) groups excluding carboxylic acids is 2. The molecule has 0 saturated heterocycles. The van der Waals surface area contributed by atoms with E-state index >= 15 is 0 Å². The second-order valence-corrected chi connectivity index (χ2v) is 6.16. The van der Waals surface area contributed by atoms with E-state index in [4.69, 9.17) is 4.74 Å². The quantitative estimate of drug-likeness (QED) is 0.661. The summed E-state index contributed by atoms with van der Waals surface area (Å²) in [6.45, 7) is 2.49. The fraction of sp³-hybridized carbons (Fsp3) is 0.190. The Morgan fingerprint density at radius 3 is 2.43 bits per heavy atom. The average Bonchev–Trinajstić information content (AvgIpc) is 3.05. The van der Waals surface area contributed by atoms with Gasteiger partial charge >= 0.3 is 0 Å². The standard InChI is InChI=1S/C21H22N4O3/c1-3-28-17-11-9-16(10-12-17)22-21(27)18-14-19(25(2)24-18)23-20(26)13-15-7-5-4-6-8-15/h4-12,14H,3,13H2,1-2H3,(H,22,27)(H,23,26). The van der Waals surface area contributed by atoms with Gasteiger partial charge in [-0.05, 0) is 36.8 Å². The summed E-state index contributed by atoms with van der Waals surface area (Å²) in [6.07, 6.45) is 0.250. The Labute approximate surface area is 163 Å². The van der Waals surface area contributed by atoms with Crippen LogP contribution in [0.3, 0.4) is 0 Å². The van der Waals surface area contributed by atoms with Gasteiger partial charge in [0.25, 0.3) is 5.91 Å². The van der Waals surface area contributed by atoms with Crippen molar-refractivity contribution in [3.05, 3.63) is 71.9 Å². The number of nitrogens with zero attached hydrogens (tertiary/aromatic N) is 2. The van der Waals surface area contributed by atoms with Crippen molar-refractivity contribution in [2.75, 3.05) is 17.2 Å². The lowest BCUT2D eigenvalue weighted by molar-refractivity contribution is -0.115. The van der Waals surface area contributed by atoms with E-state index in [-0.39, 0.29) is 23.9 Å². The third-order valence-corrected chi connectivity index (χ3v) is 4.01. The Balaban J connectivity index is 1.62. The molecule has 0 atom stereocenters. The van der Waals surface area contributed by atoms with Crippen LogP contribution in [-0.4, -0.2) is 28.2 Å². The Bertz CT molecular complexity index is 950. The first kappa shape index (κ1) is 19.2. The van der Waals surface area contributed by atoms with Gasteiger partial charge in [0.1, 0.15) is 11.6 Å². The lowest BCUT2D eigenvalue weighted by Crippen LogP contribution is -2.16. The molecule has 0 saturated carbocycles. The highest BCUT2D eigenvalue weighted by Gasteiger charge is 2.15. The smallest absolute Gasteiger partial charge is 0.276 e. The zero-order valence-electron chi connectivity index (χ0n) is 15.8. The fourth-order valence-corrected chi connectivity index (χ4v) is 2.66. The first-order chi connectivity index (χ1) is 13.5. The summed E-state index contributed by atoms with van der Waals surface area (Å²) in [5.74, 6) is 0.663. The first-order valence-electron chi connectivity index (χ1n) is 8.97. The van der Waals surface area contributed by atoms with Crippen molar-refractivity contribution in [3.63, 3.8) is 0 Å². The third-order valence-electron chi connectivity index (χ3n) is 4.01. The number of rotatable bonds is 7. The number of amides is 2. The van der Waals surface area contributed by atoms with E-state index in [1.807, 2.05) is 37.3 Å². The van der Waals surface area contributed by atoms with Crippen LogP contribution >= 0.6 is 0 Å². The second kappa shape index (κ2) is 8.85.